The van der Waals surface area contributed by atoms with E-state index in [-0.39, 0.29) is 0 Å². The lowest BCUT2D eigenvalue weighted by molar-refractivity contribution is 1.24. The monoisotopic (exact) mass is 264 g/mol. The van der Waals surface area contributed by atoms with Crippen LogP contribution in [0.25, 0.3) is 0 Å². The molecule has 0 amide bonds. The highest BCUT2D eigenvalue weighted by Gasteiger charge is 1.98. The maximum Gasteiger partial charge on any atom is 0.125 e. The van der Waals surface area contributed by atoms with Gasteiger partial charge in [-0.1, -0.05) is 11.6 Å². The Hall–Kier alpha value is -1.19. The molecule has 2 nitrogen and oxygen atoms in total. The van der Waals surface area contributed by atoms with Gasteiger partial charge in [-0.2, -0.15) is 0 Å². The first-order valence-corrected chi connectivity index (χ1v) is 6.65. The van der Waals surface area contributed by atoms with Crippen LogP contribution in [0.5, 0.6) is 0 Å². The lowest BCUT2D eigenvalue weighted by atomic mass is 10.3. The van der Waals surface area contributed by atoms with E-state index in [9.17, 15) is 0 Å². The molecular weight excluding hydrogens is 252 g/mol. The van der Waals surface area contributed by atoms with E-state index < -0.39 is 0 Å². The molecule has 2 rings (SSSR count). The molecule has 88 valence electrons. The summed E-state index contributed by atoms with van der Waals surface area (Å²) in [4.78, 5) is 5.41. The van der Waals surface area contributed by atoms with Crippen molar-refractivity contribution in [2.75, 3.05) is 12.4 Å². The molecule has 0 unspecified atom stereocenters. The fraction of sp³-hybridized carbons (Fsp3) is 0.154. The molecule has 0 aliphatic carbocycles. The lowest BCUT2D eigenvalue weighted by Crippen LogP contribution is -1.92. The second-order valence-corrected chi connectivity index (χ2v) is 5.03. The molecule has 1 heterocycles. The molecule has 0 radical (unpaired) electrons. The van der Waals surface area contributed by atoms with E-state index in [0.29, 0.717) is 0 Å². The summed E-state index contributed by atoms with van der Waals surface area (Å²) < 4.78 is 0. The van der Waals surface area contributed by atoms with Crippen molar-refractivity contribution < 1.29 is 0 Å². The van der Waals surface area contributed by atoms with Gasteiger partial charge in [0.2, 0.25) is 0 Å². The predicted octanol–water partition coefficient (Wildman–Crippen LogP) is 4.07. The smallest absolute Gasteiger partial charge is 0.125 e. The lowest BCUT2D eigenvalue weighted by Gasteiger charge is -2.04. The fourth-order valence-corrected chi connectivity index (χ4v) is 2.37. The van der Waals surface area contributed by atoms with Crippen LogP contribution < -0.4 is 5.32 Å². The van der Waals surface area contributed by atoms with Crippen LogP contribution >= 0.6 is 23.4 Å². The first-order chi connectivity index (χ1) is 8.28. The van der Waals surface area contributed by atoms with Crippen molar-refractivity contribution in [3.05, 3.63) is 53.2 Å². The summed E-state index contributed by atoms with van der Waals surface area (Å²) in [6.07, 6.45) is 1.82. The number of rotatable bonds is 4. The topological polar surface area (TPSA) is 24.9 Å². The molecule has 0 fully saturated rings. The van der Waals surface area contributed by atoms with Crippen molar-refractivity contribution in [3.63, 3.8) is 0 Å². The molecule has 0 bridgehead atoms. The van der Waals surface area contributed by atoms with Crippen LogP contribution in [0.2, 0.25) is 5.02 Å². The van der Waals surface area contributed by atoms with Crippen molar-refractivity contribution in [1.29, 1.82) is 0 Å². The van der Waals surface area contributed by atoms with E-state index in [0.717, 1.165) is 16.6 Å². The van der Waals surface area contributed by atoms with Gasteiger partial charge in [-0.15, -0.1) is 11.8 Å². The molecule has 0 saturated carbocycles. The SMILES string of the molecule is CNc1cc(CSc2ccc(Cl)cc2)ccn1. The van der Waals surface area contributed by atoms with Crippen molar-refractivity contribution in [2.24, 2.45) is 0 Å². The molecule has 0 aliphatic rings. The van der Waals surface area contributed by atoms with Gasteiger partial charge in [0.05, 0.1) is 0 Å². The highest BCUT2D eigenvalue weighted by atomic mass is 35.5. The number of halogens is 1. The van der Waals surface area contributed by atoms with Crippen molar-refractivity contribution in [3.8, 4) is 0 Å². The average Bonchev–Trinajstić information content (AvgIpc) is 2.38. The predicted molar refractivity (Wildman–Crippen MR) is 74.8 cm³/mol. The number of pyridine rings is 1. The zero-order valence-electron chi connectivity index (χ0n) is 9.48. The molecule has 0 spiro atoms. The summed E-state index contributed by atoms with van der Waals surface area (Å²) in [5.41, 5.74) is 1.25. The van der Waals surface area contributed by atoms with E-state index in [4.69, 9.17) is 11.6 Å². The molecule has 0 saturated heterocycles. The average molecular weight is 265 g/mol. The van der Waals surface area contributed by atoms with Crippen LogP contribution in [0.3, 0.4) is 0 Å². The number of nitrogens with one attached hydrogen (secondary N) is 1. The second-order valence-electron chi connectivity index (χ2n) is 3.54. The Balaban J connectivity index is 1.99. The van der Waals surface area contributed by atoms with Gasteiger partial charge >= 0.3 is 0 Å². The molecule has 0 aliphatic heterocycles. The summed E-state index contributed by atoms with van der Waals surface area (Å²) in [6.45, 7) is 0. The number of thioether (sulfide) groups is 1. The van der Waals surface area contributed by atoms with E-state index in [1.807, 2.05) is 43.6 Å². The number of nitrogens with zero attached hydrogens (tertiary/aromatic N) is 1. The standard InChI is InChI=1S/C13H13ClN2S/c1-15-13-8-10(6-7-16-13)9-17-12-4-2-11(14)3-5-12/h2-8H,9H2,1H3,(H,15,16). The Kier molecular flexibility index (Phi) is 4.29. The maximum atomic E-state index is 5.84. The van der Waals surface area contributed by atoms with E-state index in [1.54, 1.807) is 11.8 Å². The highest BCUT2D eigenvalue weighted by molar-refractivity contribution is 7.98. The van der Waals surface area contributed by atoms with Crippen LogP contribution in [0.4, 0.5) is 5.82 Å². The molecule has 1 N–H and O–H groups in total. The summed E-state index contributed by atoms with van der Waals surface area (Å²) in [6, 6.07) is 12.0. The summed E-state index contributed by atoms with van der Waals surface area (Å²) in [5.74, 6) is 1.83. The molecule has 4 heteroatoms. The van der Waals surface area contributed by atoms with Crippen molar-refractivity contribution in [2.45, 2.75) is 10.6 Å². The van der Waals surface area contributed by atoms with Gasteiger partial charge in [0.25, 0.3) is 0 Å². The minimum Gasteiger partial charge on any atom is -0.373 e. The Bertz CT molecular complexity index is 485. The quantitative estimate of drug-likeness (QED) is 0.843. The second kappa shape index (κ2) is 5.94. The third-order valence-electron chi connectivity index (χ3n) is 2.30. The molecule has 17 heavy (non-hydrogen) atoms. The van der Waals surface area contributed by atoms with E-state index in [1.165, 1.54) is 10.5 Å². The van der Waals surface area contributed by atoms with E-state index in [2.05, 4.69) is 16.4 Å². The molecule has 2 aromatic rings. The van der Waals surface area contributed by atoms with Gasteiger partial charge in [0.15, 0.2) is 0 Å². The van der Waals surface area contributed by atoms with Gasteiger partial charge < -0.3 is 5.32 Å². The minimum atomic E-state index is 0.774. The summed E-state index contributed by atoms with van der Waals surface area (Å²) in [5, 5.41) is 3.81. The molecular formula is C13H13ClN2S. The van der Waals surface area contributed by atoms with Crippen LogP contribution in [0.1, 0.15) is 5.56 Å². The van der Waals surface area contributed by atoms with Crippen LogP contribution in [-0.4, -0.2) is 12.0 Å². The number of aromatic nitrogens is 1. The van der Waals surface area contributed by atoms with Crippen molar-refractivity contribution >= 4 is 29.2 Å². The minimum absolute atomic E-state index is 0.774. The zero-order chi connectivity index (χ0) is 12.1. The number of anilines is 1. The Morgan fingerprint density at radius 2 is 2.00 bits per heavy atom. The molecule has 1 aromatic carbocycles. The number of benzene rings is 1. The van der Waals surface area contributed by atoms with Gasteiger partial charge in [0.1, 0.15) is 5.82 Å². The third-order valence-corrected chi connectivity index (χ3v) is 3.63. The first kappa shape index (κ1) is 12.3. The Labute approximate surface area is 110 Å². The molecule has 0 atom stereocenters. The Morgan fingerprint density at radius 3 is 2.71 bits per heavy atom. The highest BCUT2D eigenvalue weighted by Crippen LogP contribution is 2.24. The normalized spacial score (nSPS) is 10.2. The van der Waals surface area contributed by atoms with Crippen molar-refractivity contribution in [1.82, 2.24) is 4.98 Å². The summed E-state index contributed by atoms with van der Waals surface area (Å²) in [7, 11) is 1.87. The zero-order valence-corrected chi connectivity index (χ0v) is 11.1. The van der Waals surface area contributed by atoms with Gasteiger partial charge in [-0.3, -0.25) is 0 Å². The fourth-order valence-electron chi connectivity index (χ4n) is 1.40. The summed E-state index contributed by atoms with van der Waals surface area (Å²) >= 11 is 7.63. The third kappa shape index (κ3) is 3.65. The van der Waals surface area contributed by atoms with Gasteiger partial charge in [-0.05, 0) is 42.0 Å². The molecule has 1 aromatic heterocycles. The van der Waals surface area contributed by atoms with E-state index >= 15 is 0 Å². The Morgan fingerprint density at radius 1 is 1.24 bits per heavy atom. The first-order valence-electron chi connectivity index (χ1n) is 5.29. The van der Waals surface area contributed by atoms with Crippen LogP contribution in [-0.2, 0) is 5.75 Å². The number of hydrogen-bond acceptors (Lipinski definition) is 3. The number of hydrogen-bond donors (Lipinski definition) is 1. The van der Waals surface area contributed by atoms with Crippen LogP contribution in [0.15, 0.2) is 47.5 Å². The van der Waals surface area contributed by atoms with Gasteiger partial charge in [0, 0.05) is 28.9 Å². The largest absolute Gasteiger partial charge is 0.373 e. The van der Waals surface area contributed by atoms with Gasteiger partial charge in [-0.25, -0.2) is 4.98 Å². The van der Waals surface area contributed by atoms with Crippen LogP contribution in [0, 0.1) is 0 Å². The maximum absolute atomic E-state index is 5.84.